The molecule has 0 spiro atoms. The number of ether oxygens (including phenoxy) is 1. The minimum absolute atomic E-state index is 0.0321. The lowest BCUT2D eigenvalue weighted by Crippen LogP contribution is -2.31. The number of fused-ring (bicyclic) bond motifs is 1. The molecule has 4 rings (SSSR count). The molecule has 1 fully saturated rings. The van der Waals surface area contributed by atoms with E-state index in [1.807, 2.05) is 0 Å². The van der Waals surface area contributed by atoms with Crippen LogP contribution in [-0.4, -0.2) is 30.6 Å². The van der Waals surface area contributed by atoms with Gasteiger partial charge < -0.3 is 4.74 Å². The van der Waals surface area contributed by atoms with E-state index in [4.69, 9.17) is 39.5 Å². The predicted octanol–water partition coefficient (Wildman–Crippen LogP) is 4.17. The largest absolute Gasteiger partial charge is 0.420 e. The third-order valence-electron chi connectivity index (χ3n) is 4.22. The van der Waals surface area contributed by atoms with E-state index in [0.29, 0.717) is 12.8 Å². The van der Waals surface area contributed by atoms with Crippen molar-refractivity contribution >= 4 is 56.7 Å². The smallest absolute Gasteiger partial charge is 0.343 e. The number of esters is 1. The Balaban J connectivity index is 1.69. The molecule has 10 heteroatoms. The summed E-state index contributed by atoms with van der Waals surface area (Å²) in [5, 5.41) is 0.335. The van der Waals surface area contributed by atoms with Gasteiger partial charge in [0.15, 0.2) is 5.75 Å². The third-order valence-corrected chi connectivity index (χ3v) is 6.88. The van der Waals surface area contributed by atoms with Gasteiger partial charge in [0, 0.05) is 11.1 Å². The average Bonchev–Trinajstić information content (AvgIpc) is 3.39. The van der Waals surface area contributed by atoms with Crippen LogP contribution in [0.3, 0.4) is 0 Å². The fourth-order valence-electron chi connectivity index (χ4n) is 2.82. The number of benzene rings is 2. The first kappa shape index (κ1) is 18.6. The number of hydrogen-bond acceptors (Lipinski definition) is 5. The number of rotatable bonds is 3. The lowest BCUT2D eigenvalue weighted by Gasteiger charge is -2.13. The van der Waals surface area contributed by atoms with E-state index in [1.54, 1.807) is 0 Å². The molecule has 0 atom stereocenters. The van der Waals surface area contributed by atoms with Gasteiger partial charge in [-0.1, -0.05) is 34.8 Å². The van der Waals surface area contributed by atoms with E-state index in [0.717, 1.165) is 10.4 Å². The molecule has 0 bridgehead atoms. The van der Waals surface area contributed by atoms with Gasteiger partial charge in [-0.25, -0.2) is 17.5 Å². The maximum absolute atomic E-state index is 12.7. The highest BCUT2D eigenvalue weighted by molar-refractivity contribution is 7.90. The van der Waals surface area contributed by atoms with Gasteiger partial charge in [-0.2, -0.15) is 0 Å². The van der Waals surface area contributed by atoms with Crippen LogP contribution in [-0.2, 0) is 10.0 Å². The van der Waals surface area contributed by atoms with Crippen LogP contribution in [0.2, 0.25) is 15.1 Å². The first-order valence-electron chi connectivity index (χ1n) is 7.79. The lowest BCUT2D eigenvalue weighted by molar-refractivity contribution is 0.0733. The SMILES string of the molecule is O=C(Oc1c(Cl)cc(Cl)cc1Cl)c1ccc2c(c1)S(=O)(=O)N(C1CC1)C2=O. The van der Waals surface area contributed by atoms with Crippen molar-refractivity contribution in [2.45, 2.75) is 23.8 Å². The Morgan fingerprint density at radius 3 is 2.30 bits per heavy atom. The van der Waals surface area contributed by atoms with E-state index in [9.17, 15) is 18.0 Å². The summed E-state index contributed by atoms with van der Waals surface area (Å²) in [6, 6.07) is 6.16. The number of halogens is 3. The van der Waals surface area contributed by atoms with Crippen LogP contribution in [0.4, 0.5) is 0 Å². The molecule has 1 aliphatic carbocycles. The molecule has 27 heavy (non-hydrogen) atoms. The molecule has 2 aliphatic rings. The Hall–Kier alpha value is -1.80. The van der Waals surface area contributed by atoms with Crippen LogP contribution in [0, 0.1) is 0 Å². The summed E-state index contributed by atoms with van der Waals surface area (Å²) >= 11 is 17.8. The second kappa shape index (κ2) is 6.38. The Kier molecular flexibility index (Phi) is 4.38. The van der Waals surface area contributed by atoms with Gasteiger partial charge in [0.05, 0.1) is 21.2 Å². The second-order valence-electron chi connectivity index (χ2n) is 6.14. The summed E-state index contributed by atoms with van der Waals surface area (Å²) in [5.41, 5.74) is -0.00846. The topological polar surface area (TPSA) is 80.8 Å². The summed E-state index contributed by atoms with van der Waals surface area (Å²) in [6.45, 7) is 0. The predicted molar refractivity (Wildman–Crippen MR) is 99.2 cm³/mol. The van der Waals surface area contributed by atoms with Gasteiger partial charge in [0.2, 0.25) is 0 Å². The van der Waals surface area contributed by atoms with Crippen molar-refractivity contribution < 1.29 is 22.7 Å². The summed E-state index contributed by atoms with van der Waals surface area (Å²) in [7, 11) is -3.98. The minimum atomic E-state index is -3.98. The molecular formula is C17H10Cl3NO5S. The maximum Gasteiger partial charge on any atom is 0.343 e. The van der Waals surface area contributed by atoms with Crippen molar-refractivity contribution in [2.24, 2.45) is 0 Å². The standard InChI is InChI=1S/C17H10Cl3NO5S/c18-9-6-12(19)15(13(20)7-9)26-17(23)8-1-4-11-14(5-8)27(24,25)21(16(11)22)10-2-3-10/h1,4-7,10H,2-3H2. The van der Waals surface area contributed by atoms with Crippen LogP contribution < -0.4 is 4.74 Å². The zero-order valence-electron chi connectivity index (χ0n) is 13.4. The Morgan fingerprint density at radius 2 is 1.70 bits per heavy atom. The maximum atomic E-state index is 12.7. The average molecular weight is 447 g/mol. The van der Waals surface area contributed by atoms with E-state index >= 15 is 0 Å². The fourth-order valence-corrected chi connectivity index (χ4v) is 5.56. The molecule has 2 aromatic rings. The molecule has 0 unspecified atom stereocenters. The summed E-state index contributed by atoms with van der Waals surface area (Å²) in [6.07, 6.45) is 1.28. The number of hydrogen-bond donors (Lipinski definition) is 0. The van der Waals surface area contributed by atoms with Crippen LogP contribution >= 0.6 is 34.8 Å². The zero-order valence-corrected chi connectivity index (χ0v) is 16.5. The molecule has 6 nitrogen and oxygen atoms in total. The molecule has 0 saturated heterocycles. The lowest BCUT2D eigenvalue weighted by atomic mass is 10.1. The van der Waals surface area contributed by atoms with Gasteiger partial charge in [-0.15, -0.1) is 0 Å². The fraction of sp³-hybridized carbons (Fsp3) is 0.176. The Morgan fingerprint density at radius 1 is 1.07 bits per heavy atom. The number of nitrogens with zero attached hydrogens (tertiary/aromatic N) is 1. The van der Waals surface area contributed by atoms with E-state index in [1.165, 1.54) is 24.3 Å². The molecule has 2 aromatic carbocycles. The molecular weight excluding hydrogens is 437 g/mol. The van der Waals surface area contributed by atoms with E-state index in [-0.39, 0.29) is 42.9 Å². The van der Waals surface area contributed by atoms with Gasteiger partial charge in [0.25, 0.3) is 15.9 Å². The van der Waals surface area contributed by atoms with Gasteiger partial charge in [0.1, 0.15) is 4.90 Å². The highest BCUT2D eigenvalue weighted by atomic mass is 35.5. The Bertz CT molecular complexity index is 1090. The van der Waals surface area contributed by atoms with E-state index < -0.39 is 21.9 Å². The number of amides is 1. The second-order valence-corrected chi connectivity index (χ2v) is 9.17. The molecule has 0 aromatic heterocycles. The van der Waals surface area contributed by atoms with Crippen LogP contribution in [0.1, 0.15) is 33.6 Å². The van der Waals surface area contributed by atoms with Gasteiger partial charge in [-0.05, 0) is 43.2 Å². The first-order valence-corrected chi connectivity index (χ1v) is 10.4. The minimum Gasteiger partial charge on any atom is -0.420 e. The highest BCUT2D eigenvalue weighted by Gasteiger charge is 2.48. The number of carbonyl (C=O) groups excluding carboxylic acids is 2. The zero-order chi connectivity index (χ0) is 19.5. The molecule has 1 aliphatic heterocycles. The number of carbonyl (C=O) groups is 2. The monoisotopic (exact) mass is 445 g/mol. The van der Waals surface area contributed by atoms with Crippen LogP contribution in [0.5, 0.6) is 5.75 Å². The van der Waals surface area contributed by atoms with Crippen molar-refractivity contribution in [1.82, 2.24) is 4.31 Å². The molecule has 1 heterocycles. The Labute approximate surface area is 169 Å². The van der Waals surface area contributed by atoms with Crippen LogP contribution in [0.25, 0.3) is 0 Å². The third kappa shape index (κ3) is 3.08. The quantitative estimate of drug-likeness (QED) is 0.522. The summed E-state index contributed by atoms with van der Waals surface area (Å²) in [4.78, 5) is 24.6. The summed E-state index contributed by atoms with van der Waals surface area (Å²) in [5.74, 6) is -1.53. The normalized spacial score (nSPS) is 17.7. The van der Waals surface area contributed by atoms with Crippen molar-refractivity contribution in [3.8, 4) is 5.75 Å². The van der Waals surface area contributed by atoms with Crippen molar-refractivity contribution in [3.05, 3.63) is 56.5 Å². The molecule has 0 N–H and O–H groups in total. The molecule has 1 amide bonds. The first-order chi connectivity index (χ1) is 12.7. The van der Waals surface area contributed by atoms with Crippen molar-refractivity contribution in [2.75, 3.05) is 0 Å². The van der Waals surface area contributed by atoms with E-state index in [2.05, 4.69) is 0 Å². The van der Waals surface area contributed by atoms with Gasteiger partial charge in [-0.3, -0.25) is 4.79 Å². The van der Waals surface area contributed by atoms with Crippen molar-refractivity contribution in [3.63, 3.8) is 0 Å². The molecule has 0 radical (unpaired) electrons. The number of sulfonamides is 1. The van der Waals surface area contributed by atoms with Gasteiger partial charge >= 0.3 is 5.97 Å². The molecule has 140 valence electrons. The van der Waals surface area contributed by atoms with Crippen molar-refractivity contribution in [1.29, 1.82) is 0 Å². The molecule has 1 saturated carbocycles. The summed E-state index contributed by atoms with van der Waals surface area (Å²) < 4.78 is 31.4. The highest BCUT2D eigenvalue weighted by Crippen LogP contribution is 2.40. The van der Waals surface area contributed by atoms with Crippen LogP contribution in [0.15, 0.2) is 35.2 Å².